The van der Waals surface area contributed by atoms with Crippen LogP contribution in [0.5, 0.6) is 5.75 Å². The summed E-state index contributed by atoms with van der Waals surface area (Å²) in [5, 5.41) is 4.09. The number of carbonyl (C=O) groups excluding carboxylic acids is 1. The summed E-state index contributed by atoms with van der Waals surface area (Å²) in [6.45, 7) is -0.568. The Bertz CT molecular complexity index is 1400. The highest BCUT2D eigenvalue weighted by atomic mass is 35.5. The number of sulfonamides is 1. The van der Waals surface area contributed by atoms with Gasteiger partial charge in [-0.3, -0.25) is 9.10 Å². The molecule has 1 amide bonds. The van der Waals surface area contributed by atoms with Gasteiger partial charge in [-0.15, -0.1) is 0 Å². The Morgan fingerprint density at radius 2 is 1.73 bits per heavy atom. The molecular formula is C24H20Cl2F3N3O4S. The first-order chi connectivity index (χ1) is 17.3. The smallest absolute Gasteiger partial charge is 0.416 e. The van der Waals surface area contributed by atoms with Gasteiger partial charge in [0.15, 0.2) is 0 Å². The first-order valence-electron chi connectivity index (χ1n) is 10.5. The van der Waals surface area contributed by atoms with Crippen molar-refractivity contribution in [3.8, 4) is 5.75 Å². The molecule has 0 bridgehead atoms. The number of amides is 1. The zero-order valence-electron chi connectivity index (χ0n) is 19.2. The lowest BCUT2D eigenvalue weighted by Crippen LogP contribution is -2.39. The van der Waals surface area contributed by atoms with Crippen molar-refractivity contribution in [1.29, 1.82) is 0 Å². The first-order valence-corrected chi connectivity index (χ1v) is 13.1. The predicted molar refractivity (Wildman–Crippen MR) is 137 cm³/mol. The molecule has 0 aliphatic heterocycles. The largest absolute Gasteiger partial charge is 0.489 e. The molecule has 0 atom stereocenters. The number of nitrogens with one attached hydrogen (secondary N) is 1. The quantitative estimate of drug-likeness (QED) is 0.270. The summed E-state index contributed by atoms with van der Waals surface area (Å²) in [7, 11) is -4.16. The van der Waals surface area contributed by atoms with Crippen molar-refractivity contribution < 1.29 is 31.1 Å². The van der Waals surface area contributed by atoms with E-state index < -0.39 is 39.9 Å². The fourth-order valence-electron chi connectivity index (χ4n) is 3.03. The summed E-state index contributed by atoms with van der Waals surface area (Å²) in [4.78, 5) is 12.3. The molecule has 3 rings (SSSR count). The van der Waals surface area contributed by atoms with Crippen molar-refractivity contribution in [1.82, 2.24) is 5.43 Å². The van der Waals surface area contributed by atoms with Gasteiger partial charge in [-0.05, 0) is 54.1 Å². The summed E-state index contributed by atoms with van der Waals surface area (Å²) in [5.41, 5.74) is 1.97. The van der Waals surface area contributed by atoms with E-state index in [0.29, 0.717) is 32.8 Å². The number of benzene rings is 3. The minimum Gasteiger partial charge on any atom is -0.489 e. The third-order valence-corrected chi connectivity index (χ3v) is 6.68. The summed E-state index contributed by atoms with van der Waals surface area (Å²) in [6, 6.07) is 16.2. The number of anilines is 1. The van der Waals surface area contributed by atoms with E-state index in [0.717, 1.165) is 17.9 Å². The number of halogens is 5. The van der Waals surface area contributed by atoms with Gasteiger partial charge in [-0.2, -0.15) is 18.3 Å². The van der Waals surface area contributed by atoms with Gasteiger partial charge < -0.3 is 4.74 Å². The molecule has 0 saturated carbocycles. The van der Waals surface area contributed by atoms with Crippen LogP contribution in [0.15, 0.2) is 71.8 Å². The molecule has 37 heavy (non-hydrogen) atoms. The fourth-order valence-corrected chi connectivity index (χ4v) is 4.35. The van der Waals surface area contributed by atoms with Crippen LogP contribution < -0.4 is 14.5 Å². The number of carbonyl (C=O) groups is 1. The highest BCUT2D eigenvalue weighted by Gasteiger charge is 2.33. The van der Waals surface area contributed by atoms with Crippen LogP contribution in [-0.2, 0) is 27.6 Å². The average Bonchev–Trinajstić information content (AvgIpc) is 2.82. The molecule has 0 radical (unpaired) electrons. The molecule has 0 spiro atoms. The van der Waals surface area contributed by atoms with Gasteiger partial charge >= 0.3 is 6.18 Å². The van der Waals surface area contributed by atoms with Gasteiger partial charge in [-0.1, -0.05) is 41.4 Å². The van der Waals surface area contributed by atoms with Crippen molar-refractivity contribution in [2.45, 2.75) is 12.8 Å². The van der Waals surface area contributed by atoms with E-state index in [1.165, 1.54) is 6.21 Å². The predicted octanol–water partition coefficient (Wildman–Crippen LogP) is 5.51. The standard InChI is InChI=1S/C24H20Cl2F3N3O4S/c1-37(34,35)32(22-12-18(24(27,28)29)8-11-21(22)26)14-23(33)31-30-13-16-6-9-19(10-7-16)36-15-17-4-2-3-5-20(17)25/h2-13H,14-15H2,1H3,(H,31,33)/b30-13-. The van der Waals surface area contributed by atoms with Crippen molar-refractivity contribution >= 4 is 51.0 Å². The number of rotatable bonds is 9. The maximum Gasteiger partial charge on any atom is 0.416 e. The molecule has 0 aromatic heterocycles. The van der Waals surface area contributed by atoms with Crippen molar-refractivity contribution in [2.75, 3.05) is 17.1 Å². The monoisotopic (exact) mass is 573 g/mol. The zero-order chi connectivity index (χ0) is 27.2. The van der Waals surface area contributed by atoms with Gasteiger partial charge in [0.2, 0.25) is 10.0 Å². The lowest BCUT2D eigenvalue weighted by molar-refractivity contribution is -0.137. The Kier molecular flexibility index (Phi) is 9.06. The maximum absolute atomic E-state index is 13.1. The molecule has 0 fully saturated rings. The van der Waals surface area contributed by atoms with Gasteiger partial charge in [0.1, 0.15) is 18.9 Å². The minimum atomic E-state index is -4.73. The Labute approximate surface area is 221 Å². The highest BCUT2D eigenvalue weighted by molar-refractivity contribution is 7.92. The van der Waals surface area contributed by atoms with Crippen LogP contribution in [0.25, 0.3) is 0 Å². The Hall–Kier alpha value is -3.28. The van der Waals surface area contributed by atoms with Crippen molar-refractivity contribution in [3.63, 3.8) is 0 Å². The second-order valence-electron chi connectivity index (χ2n) is 7.68. The van der Waals surface area contributed by atoms with Crippen LogP contribution in [0.2, 0.25) is 10.0 Å². The number of alkyl halides is 3. The Morgan fingerprint density at radius 3 is 2.35 bits per heavy atom. The SMILES string of the molecule is CS(=O)(=O)N(CC(=O)N/N=C\c1ccc(OCc2ccccc2Cl)cc1)c1cc(C(F)(F)F)ccc1Cl. The Morgan fingerprint density at radius 1 is 1.05 bits per heavy atom. The molecule has 0 heterocycles. The zero-order valence-corrected chi connectivity index (χ0v) is 21.5. The molecule has 0 aliphatic rings. The summed E-state index contributed by atoms with van der Waals surface area (Å²) >= 11 is 12.0. The fraction of sp³-hybridized carbons (Fsp3) is 0.167. The van der Waals surface area contributed by atoms with Gasteiger partial charge in [0, 0.05) is 10.6 Å². The molecule has 196 valence electrons. The molecule has 0 saturated heterocycles. The topological polar surface area (TPSA) is 88.1 Å². The van der Waals surface area contributed by atoms with Crippen LogP contribution >= 0.6 is 23.2 Å². The molecule has 13 heteroatoms. The van der Waals surface area contributed by atoms with Gasteiger partial charge in [0.25, 0.3) is 5.91 Å². The van der Waals surface area contributed by atoms with Crippen LogP contribution in [0.4, 0.5) is 18.9 Å². The molecule has 3 aromatic carbocycles. The van der Waals surface area contributed by atoms with E-state index in [1.807, 2.05) is 18.2 Å². The van der Waals surface area contributed by atoms with E-state index in [1.54, 1.807) is 30.3 Å². The number of hydrogen-bond donors (Lipinski definition) is 1. The Balaban J connectivity index is 1.63. The van der Waals surface area contributed by atoms with E-state index in [4.69, 9.17) is 27.9 Å². The summed E-state index contributed by atoms with van der Waals surface area (Å²) < 4.78 is 69.9. The van der Waals surface area contributed by atoms with Crippen LogP contribution in [-0.4, -0.2) is 33.3 Å². The van der Waals surface area contributed by atoms with Crippen LogP contribution in [0.1, 0.15) is 16.7 Å². The third-order valence-electron chi connectivity index (χ3n) is 4.86. The average molecular weight is 574 g/mol. The second kappa shape index (κ2) is 11.8. The summed E-state index contributed by atoms with van der Waals surface area (Å²) in [5.74, 6) is -0.322. The van der Waals surface area contributed by atoms with E-state index in [-0.39, 0.29) is 11.6 Å². The van der Waals surface area contributed by atoms with E-state index >= 15 is 0 Å². The molecule has 0 unspecified atom stereocenters. The van der Waals surface area contributed by atoms with Gasteiger partial charge in [-0.25, -0.2) is 13.8 Å². The van der Waals surface area contributed by atoms with Crippen LogP contribution in [0, 0.1) is 0 Å². The summed E-state index contributed by atoms with van der Waals surface area (Å²) in [6.07, 6.45) is -2.68. The normalized spacial score (nSPS) is 11.9. The molecular weight excluding hydrogens is 554 g/mol. The molecule has 3 aromatic rings. The van der Waals surface area contributed by atoms with E-state index in [2.05, 4.69) is 10.5 Å². The lowest BCUT2D eigenvalue weighted by atomic mass is 10.2. The number of nitrogens with zero attached hydrogens (tertiary/aromatic N) is 2. The molecule has 1 N–H and O–H groups in total. The van der Waals surface area contributed by atoms with Crippen molar-refractivity contribution in [3.05, 3.63) is 93.5 Å². The number of ether oxygens (including phenoxy) is 1. The van der Waals surface area contributed by atoms with Crippen LogP contribution in [0.3, 0.4) is 0 Å². The molecule has 7 nitrogen and oxygen atoms in total. The number of hydrogen-bond acceptors (Lipinski definition) is 5. The minimum absolute atomic E-state index is 0.272. The second-order valence-corrected chi connectivity index (χ2v) is 10.4. The van der Waals surface area contributed by atoms with Gasteiger partial charge in [0.05, 0.1) is 28.7 Å². The van der Waals surface area contributed by atoms with E-state index in [9.17, 15) is 26.4 Å². The van der Waals surface area contributed by atoms with Crippen molar-refractivity contribution in [2.24, 2.45) is 5.10 Å². The maximum atomic E-state index is 13.1. The highest BCUT2D eigenvalue weighted by Crippen LogP contribution is 2.36. The lowest BCUT2D eigenvalue weighted by Gasteiger charge is -2.23. The number of hydrazone groups is 1. The molecule has 0 aliphatic carbocycles. The first kappa shape index (κ1) is 28.3. The third kappa shape index (κ3) is 8.11.